The summed E-state index contributed by atoms with van der Waals surface area (Å²) in [5, 5.41) is 2.43. The Morgan fingerprint density at radius 2 is 0.585 bits per heavy atom. The minimum absolute atomic E-state index is 0.342. The predicted octanol–water partition coefficient (Wildman–Crippen LogP) is 19.0. The summed E-state index contributed by atoms with van der Waals surface area (Å²) in [7, 11) is 0. The number of fused-ring (bicyclic) bond motifs is 7. The van der Waals surface area contributed by atoms with Gasteiger partial charge in [-0.25, -0.2) is 0 Å². The number of anilines is 12. The first-order chi connectivity index (χ1) is 40.7. The van der Waals surface area contributed by atoms with E-state index in [1.54, 1.807) is 0 Å². The molecule has 2 aliphatic heterocycles. The third-order valence-electron chi connectivity index (χ3n) is 16.3. The van der Waals surface area contributed by atoms with Gasteiger partial charge in [-0.15, -0.1) is 0 Å². The number of para-hydroxylation sites is 6. The lowest BCUT2D eigenvalue weighted by Gasteiger charge is -2.43. The van der Waals surface area contributed by atoms with Crippen molar-refractivity contribution < 1.29 is 0 Å². The van der Waals surface area contributed by atoms with E-state index < -0.39 is 0 Å². The SMILES string of the molecule is c1ccc(-c2ccc(N3c4cc(-n5c6ccccc6c6ccccc65)cc5c4B(n4cc(N(c6ccccc6)c6ccccc6)cc43)n3cc(N(c4ccccc4)c4ccccc4)cc3N5c3ccc(-c4ccccc4)cc3)cc2)cc1. The molecule has 5 heterocycles. The van der Waals surface area contributed by atoms with E-state index in [2.05, 4.69) is 349 Å². The molecule has 0 radical (unpaired) electrons. The summed E-state index contributed by atoms with van der Waals surface area (Å²) in [4.78, 5) is 9.78. The van der Waals surface area contributed by atoms with Gasteiger partial charge in [-0.1, -0.05) is 194 Å². The van der Waals surface area contributed by atoms with Gasteiger partial charge >= 0.3 is 6.98 Å². The summed E-state index contributed by atoms with van der Waals surface area (Å²) >= 11 is 0. The van der Waals surface area contributed by atoms with Crippen molar-refractivity contribution in [2.45, 2.75) is 0 Å². The van der Waals surface area contributed by atoms with Gasteiger partial charge in [0.1, 0.15) is 11.6 Å². The first-order valence-electron chi connectivity index (χ1n) is 28.0. The lowest BCUT2D eigenvalue weighted by molar-refractivity contribution is 0.999. The fourth-order valence-electron chi connectivity index (χ4n) is 12.7. The van der Waals surface area contributed by atoms with Gasteiger partial charge in [0.2, 0.25) is 0 Å². The molecule has 0 amide bonds. The Hall–Kier alpha value is -11.0. The smallest absolute Gasteiger partial charge is 0.351 e. The van der Waals surface area contributed by atoms with Crippen molar-refractivity contribution in [3.63, 3.8) is 0 Å². The maximum Gasteiger partial charge on any atom is 0.426 e. The minimum Gasteiger partial charge on any atom is -0.351 e. The van der Waals surface area contributed by atoms with Crippen LogP contribution in [0.15, 0.2) is 316 Å². The molecule has 0 spiro atoms. The van der Waals surface area contributed by atoms with Crippen LogP contribution < -0.4 is 25.1 Å². The van der Waals surface area contributed by atoms with Gasteiger partial charge in [0.05, 0.1) is 39.5 Å². The monoisotopic (exact) mass is 1050 g/mol. The molecule has 11 aromatic carbocycles. The van der Waals surface area contributed by atoms with Crippen molar-refractivity contribution in [3.05, 3.63) is 316 Å². The molecule has 3 aromatic heterocycles. The molecule has 0 unspecified atom stereocenters. The normalized spacial score (nSPS) is 12.3. The molecule has 0 saturated carbocycles. The zero-order chi connectivity index (χ0) is 54.1. The maximum absolute atomic E-state index is 2.52. The molecular formula is C74H52BN7. The van der Waals surface area contributed by atoms with E-state index >= 15 is 0 Å². The van der Waals surface area contributed by atoms with Gasteiger partial charge in [-0.2, -0.15) is 0 Å². The van der Waals surface area contributed by atoms with Crippen LogP contribution in [0.1, 0.15) is 0 Å². The molecule has 82 heavy (non-hydrogen) atoms. The molecule has 7 nitrogen and oxygen atoms in total. The number of rotatable bonds is 11. The lowest BCUT2D eigenvalue weighted by atomic mass is 9.62. The highest BCUT2D eigenvalue weighted by atomic mass is 15.3. The highest BCUT2D eigenvalue weighted by molar-refractivity contribution is 6.76. The number of hydrogen-bond acceptors (Lipinski definition) is 4. The van der Waals surface area contributed by atoms with Crippen LogP contribution in [0.3, 0.4) is 0 Å². The first-order valence-corrected chi connectivity index (χ1v) is 28.0. The van der Waals surface area contributed by atoms with E-state index in [0.717, 1.165) is 96.4 Å². The van der Waals surface area contributed by atoms with E-state index in [-0.39, 0.29) is 6.98 Å². The standard InChI is InChI=1S/C74H52BN7/c1-7-23-53(24-8-1)55-39-43-61(44-40-55)81-70-47-63(80-68-37-21-19-35-66(68)67-36-20-22-38-69(67)80)48-71-74(70)75(76-51-64(49-72(76)81)78(57-27-11-3-12-28-57)58-29-13-4-14-30-58)77-52-65(79(59-31-15-5-16-32-59)60-33-17-6-18-34-60)50-73(77)82(71)62-45-41-56(42-46-62)54-25-9-2-10-26-54/h1-52H. The van der Waals surface area contributed by atoms with Crippen molar-refractivity contribution in [1.82, 2.24) is 13.5 Å². The van der Waals surface area contributed by atoms with E-state index in [0.29, 0.717) is 0 Å². The third-order valence-corrected chi connectivity index (χ3v) is 16.3. The predicted molar refractivity (Wildman–Crippen MR) is 343 cm³/mol. The lowest BCUT2D eigenvalue weighted by Crippen LogP contribution is -2.55. The quantitative estimate of drug-likeness (QED) is 0.121. The highest BCUT2D eigenvalue weighted by Crippen LogP contribution is 2.52. The Morgan fingerprint density at radius 3 is 0.951 bits per heavy atom. The van der Waals surface area contributed by atoms with Crippen LogP contribution in [0, 0.1) is 0 Å². The number of nitrogens with zero attached hydrogens (tertiary/aromatic N) is 7. The summed E-state index contributed by atoms with van der Waals surface area (Å²) in [6, 6.07) is 110. The minimum atomic E-state index is -0.342. The summed E-state index contributed by atoms with van der Waals surface area (Å²) < 4.78 is 7.51. The van der Waals surface area contributed by atoms with Crippen LogP contribution in [0.2, 0.25) is 0 Å². The Morgan fingerprint density at radius 1 is 0.268 bits per heavy atom. The summed E-state index contributed by atoms with van der Waals surface area (Å²) in [6.45, 7) is -0.342. The molecule has 0 N–H and O–H groups in total. The second-order valence-corrected chi connectivity index (χ2v) is 21.1. The van der Waals surface area contributed by atoms with Gasteiger partial charge in [0.15, 0.2) is 0 Å². The summed E-state index contributed by atoms with van der Waals surface area (Å²) in [6.07, 6.45) is 4.75. The zero-order valence-corrected chi connectivity index (χ0v) is 44.7. The Labute approximate surface area is 477 Å². The average Bonchev–Trinajstić information content (AvgIpc) is 4.36. The molecule has 0 atom stereocenters. The topological polar surface area (TPSA) is 27.8 Å². The molecular weight excluding hydrogens is 998 g/mol. The molecule has 16 rings (SSSR count). The van der Waals surface area contributed by atoms with Crippen molar-refractivity contribution >= 4 is 103 Å². The molecule has 0 bridgehead atoms. The molecule has 14 aromatic rings. The molecule has 2 aliphatic rings. The van der Waals surface area contributed by atoms with Crippen LogP contribution in [0.5, 0.6) is 0 Å². The van der Waals surface area contributed by atoms with Gasteiger partial charge in [-0.05, 0) is 119 Å². The van der Waals surface area contributed by atoms with E-state index in [1.165, 1.54) is 27.4 Å². The summed E-state index contributed by atoms with van der Waals surface area (Å²) in [5.74, 6) is 2.07. The zero-order valence-electron chi connectivity index (χ0n) is 44.7. The number of benzene rings is 11. The second kappa shape index (κ2) is 19.4. The van der Waals surface area contributed by atoms with Crippen molar-refractivity contribution in [1.29, 1.82) is 0 Å². The molecule has 386 valence electrons. The third kappa shape index (κ3) is 7.75. The molecule has 8 heteroatoms. The van der Waals surface area contributed by atoms with Gasteiger partial charge in [0, 0.05) is 74.9 Å². The second-order valence-electron chi connectivity index (χ2n) is 21.1. The number of hydrogen-bond donors (Lipinski definition) is 0. The van der Waals surface area contributed by atoms with Gasteiger partial charge in [0.25, 0.3) is 0 Å². The van der Waals surface area contributed by atoms with Crippen molar-refractivity contribution in [3.8, 4) is 27.9 Å². The Balaban J connectivity index is 1.02. The van der Waals surface area contributed by atoms with E-state index in [1.807, 2.05) is 0 Å². The van der Waals surface area contributed by atoms with Crippen molar-refractivity contribution in [2.24, 2.45) is 0 Å². The fraction of sp³-hybridized carbons (Fsp3) is 0. The van der Waals surface area contributed by atoms with Crippen LogP contribution in [0.25, 0.3) is 49.7 Å². The summed E-state index contributed by atoms with van der Waals surface area (Å²) in [5.41, 5.74) is 19.8. The highest BCUT2D eigenvalue weighted by Gasteiger charge is 2.46. The van der Waals surface area contributed by atoms with Crippen LogP contribution in [-0.4, -0.2) is 20.5 Å². The van der Waals surface area contributed by atoms with Crippen LogP contribution in [0.4, 0.5) is 68.5 Å². The average molecular weight is 1050 g/mol. The molecule has 0 fully saturated rings. The van der Waals surface area contributed by atoms with Crippen LogP contribution in [-0.2, 0) is 0 Å². The fourth-order valence-corrected chi connectivity index (χ4v) is 12.7. The Bertz CT molecular complexity index is 4250. The van der Waals surface area contributed by atoms with Crippen molar-refractivity contribution in [2.75, 3.05) is 19.6 Å². The Kier molecular flexibility index (Phi) is 11.2. The van der Waals surface area contributed by atoms with Crippen LogP contribution >= 0.6 is 0 Å². The molecule has 0 aliphatic carbocycles. The number of aromatic nitrogens is 3. The van der Waals surface area contributed by atoms with Gasteiger partial charge < -0.3 is 23.3 Å². The molecule has 0 saturated heterocycles. The van der Waals surface area contributed by atoms with E-state index in [9.17, 15) is 0 Å². The van der Waals surface area contributed by atoms with Gasteiger partial charge in [-0.3, -0.25) is 9.80 Å². The first kappa shape index (κ1) is 47.1. The van der Waals surface area contributed by atoms with E-state index in [4.69, 9.17) is 0 Å². The largest absolute Gasteiger partial charge is 0.426 e. The maximum atomic E-state index is 2.52.